The monoisotopic (exact) mass is 207 g/mol. The van der Waals surface area contributed by atoms with Gasteiger partial charge >= 0.3 is 5.97 Å². The Kier molecular flexibility index (Phi) is 2.05. The summed E-state index contributed by atoms with van der Waals surface area (Å²) in [6.45, 7) is 0. The minimum absolute atomic E-state index is 0.337. The second kappa shape index (κ2) is 3.10. The van der Waals surface area contributed by atoms with Crippen molar-refractivity contribution in [2.75, 3.05) is 7.11 Å². The molecule has 14 heavy (non-hydrogen) atoms. The fourth-order valence-corrected chi connectivity index (χ4v) is 2.41. The van der Waals surface area contributed by atoms with Crippen LogP contribution in [0.4, 0.5) is 0 Å². The fraction of sp³-hybridized carbons (Fsp3) is 0.400. The van der Waals surface area contributed by atoms with Crippen LogP contribution in [0.5, 0.6) is 0 Å². The van der Waals surface area contributed by atoms with E-state index in [1.54, 1.807) is 0 Å². The predicted octanol–water partition coefficient (Wildman–Crippen LogP) is 2.09. The van der Waals surface area contributed by atoms with Crippen LogP contribution in [0.1, 0.15) is 28.1 Å². The summed E-state index contributed by atoms with van der Waals surface area (Å²) >= 11 is 1.34. The minimum atomic E-state index is -0.399. The number of carbonyl (C=O) groups is 1. The summed E-state index contributed by atoms with van der Waals surface area (Å²) in [5.41, 5.74) is 0.445. The highest BCUT2D eigenvalue weighted by Gasteiger charge is 2.47. The van der Waals surface area contributed by atoms with Crippen LogP contribution < -0.4 is 0 Å². The summed E-state index contributed by atoms with van der Waals surface area (Å²) in [5.74, 6) is -0.337. The molecule has 1 aliphatic rings. The third-order valence-corrected chi connectivity index (χ3v) is 3.41. The van der Waals surface area contributed by atoms with Gasteiger partial charge in [0.05, 0.1) is 18.6 Å². The fourth-order valence-electron chi connectivity index (χ4n) is 1.50. The number of thiophene rings is 1. The van der Waals surface area contributed by atoms with Gasteiger partial charge < -0.3 is 4.74 Å². The first-order valence-corrected chi connectivity index (χ1v) is 5.19. The molecule has 0 aliphatic heterocycles. The zero-order chi connectivity index (χ0) is 10.2. The third kappa shape index (κ3) is 1.21. The van der Waals surface area contributed by atoms with E-state index in [1.165, 1.54) is 18.4 Å². The summed E-state index contributed by atoms with van der Waals surface area (Å²) < 4.78 is 4.66. The molecule has 0 radical (unpaired) electrons. The van der Waals surface area contributed by atoms with Gasteiger partial charge in [0.2, 0.25) is 0 Å². The topological polar surface area (TPSA) is 50.1 Å². The van der Waals surface area contributed by atoms with Gasteiger partial charge in [-0.2, -0.15) is 5.26 Å². The van der Waals surface area contributed by atoms with Gasteiger partial charge in [-0.25, -0.2) is 4.79 Å². The van der Waals surface area contributed by atoms with Crippen molar-refractivity contribution in [2.24, 2.45) is 0 Å². The third-order valence-electron chi connectivity index (χ3n) is 2.52. The molecule has 1 saturated carbocycles. The first-order valence-electron chi connectivity index (χ1n) is 4.31. The Morgan fingerprint density at radius 2 is 2.43 bits per heavy atom. The van der Waals surface area contributed by atoms with Crippen LogP contribution in [-0.2, 0) is 10.2 Å². The van der Waals surface area contributed by atoms with E-state index in [9.17, 15) is 4.79 Å². The van der Waals surface area contributed by atoms with Gasteiger partial charge in [0.25, 0.3) is 0 Å². The normalized spacial score (nSPS) is 17.1. The van der Waals surface area contributed by atoms with Gasteiger partial charge in [-0.15, -0.1) is 11.3 Å². The SMILES string of the molecule is COC(=O)c1sccc1C1(C#N)CC1. The van der Waals surface area contributed by atoms with Crippen molar-refractivity contribution in [2.45, 2.75) is 18.3 Å². The molecule has 1 aliphatic carbocycles. The van der Waals surface area contributed by atoms with Crippen LogP contribution in [0, 0.1) is 11.3 Å². The summed E-state index contributed by atoms with van der Waals surface area (Å²) in [6, 6.07) is 4.13. The number of rotatable bonds is 2. The summed E-state index contributed by atoms with van der Waals surface area (Å²) in [7, 11) is 1.36. The Balaban J connectivity index is 2.41. The lowest BCUT2D eigenvalue weighted by Crippen LogP contribution is -2.09. The molecule has 2 rings (SSSR count). The highest BCUT2D eigenvalue weighted by molar-refractivity contribution is 7.12. The summed E-state index contributed by atoms with van der Waals surface area (Å²) in [6.07, 6.45) is 1.70. The lowest BCUT2D eigenvalue weighted by Gasteiger charge is -2.05. The molecule has 0 saturated heterocycles. The maximum absolute atomic E-state index is 11.4. The van der Waals surface area contributed by atoms with E-state index < -0.39 is 5.41 Å². The highest BCUT2D eigenvalue weighted by atomic mass is 32.1. The van der Waals surface area contributed by atoms with Crippen LogP contribution in [0.25, 0.3) is 0 Å². The maximum Gasteiger partial charge on any atom is 0.348 e. The molecule has 1 fully saturated rings. The largest absolute Gasteiger partial charge is 0.465 e. The molecule has 0 aromatic carbocycles. The summed E-state index contributed by atoms with van der Waals surface area (Å²) in [4.78, 5) is 11.9. The molecular formula is C10H9NO2S. The zero-order valence-electron chi connectivity index (χ0n) is 7.74. The van der Waals surface area contributed by atoms with Gasteiger partial charge in [0, 0.05) is 0 Å². The van der Waals surface area contributed by atoms with Crippen LogP contribution in [0.2, 0.25) is 0 Å². The van der Waals surface area contributed by atoms with Crippen molar-refractivity contribution >= 4 is 17.3 Å². The van der Waals surface area contributed by atoms with Crippen molar-refractivity contribution in [3.8, 4) is 6.07 Å². The van der Waals surface area contributed by atoms with E-state index in [0.29, 0.717) is 4.88 Å². The van der Waals surface area contributed by atoms with Crippen molar-refractivity contribution in [3.63, 3.8) is 0 Å². The van der Waals surface area contributed by atoms with Gasteiger partial charge in [-0.1, -0.05) is 0 Å². The van der Waals surface area contributed by atoms with Crippen molar-refractivity contribution < 1.29 is 9.53 Å². The van der Waals surface area contributed by atoms with Crippen LogP contribution in [0.15, 0.2) is 11.4 Å². The number of nitriles is 1. The first kappa shape index (κ1) is 9.22. The van der Waals surface area contributed by atoms with Gasteiger partial charge in [0.1, 0.15) is 4.88 Å². The van der Waals surface area contributed by atoms with E-state index in [-0.39, 0.29) is 5.97 Å². The molecule has 0 spiro atoms. The molecular weight excluding hydrogens is 198 g/mol. The number of hydrogen-bond acceptors (Lipinski definition) is 4. The molecule has 4 heteroatoms. The van der Waals surface area contributed by atoms with Crippen molar-refractivity contribution in [1.29, 1.82) is 5.26 Å². The zero-order valence-corrected chi connectivity index (χ0v) is 8.56. The van der Waals surface area contributed by atoms with Crippen molar-refractivity contribution in [3.05, 3.63) is 21.9 Å². The molecule has 3 nitrogen and oxygen atoms in total. The number of hydrogen-bond donors (Lipinski definition) is 0. The molecule has 1 aromatic heterocycles. The average molecular weight is 207 g/mol. The van der Waals surface area contributed by atoms with Crippen LogP contribution >= 0.6 is 11.3 Å². The molecule has 1 aromatic rings. The second-order valence-electron chi connectivity index (χ2n) is 3.35. The number of methoxy groups -OCH3 is 1. The number of carbonyl (C=O) groups excluding carboxylic acids is 1. The summed E-state index contributed by atoms with van der Waals surface area (Å²) in [5, 5.41) is 10.8. The Morgan fingerprint density at radius 1 is 1.71 bits per heavy atom. The van der Waals surface area contributed by atoms with Gasteiger partial charge in [-0.05, 0) is 29.9 Å². The Hall–Kier alpha value is -1.34. The maximum atomic E-state index is 11.4. The highest BCUT2D eigenvalue weighted by Crippen LogP contribution is 2.49. The molecule has 0 atom stereocenters. The molecule has 72 valence electrons. The predicted molar refractivity (Wildman–Crippen MR) is 52.2 cm³/mol. The molecule has 0 amide bonds. The average Bonchev–Trinajstić information content (AvgIpc) is 2.87. The quantitative estimate of drug-likeness (QED) is 0.698. The van der Waals surface area contributed by atoms with E-state index >= 15 is 0 Å². The first-order chi connectivity index (χ1) is 6.73. The van der Waals surface area contributed by atoms with Crippen molar-refractivity contribution in [1.82, 2.24) is 0 Å². The van der Waals surface area contributed by atoms with E-state index in [4.69, 9.17) is 5.26 Å². The van der Waals surface area contributed by atoms with Crippen LogP contribution in [0.3, 0.4) is 0 Å². The minimum Gasteiger partial charge on any atom is -0.465 e. The number of nitrogens with zero attached hydrogens (tertiary/aromatic N) is 1. The molecule has 0 unspecified atom stereocenters. The number of esters is 1. The van der Waals surface area contributed by atoms with E-state index in [0.717, 1.165) is 18.4 Å². The Bertz CT molecular complexity index is 412. The van der Waals surface area contributed by atoms with E-state index in [1.807, 2.05) is 11.4 Å². The van der Waals surface area contributed by atoms with Crippen LogP contribution in [-0.4, -0.2) is 13.1 Å². The Morgan fingerprint density at radius 3 is 2.93 bits per heavy atom. The lowest BCUT2D eigenvalue weighted by molar-refractivity contribution is 0.0604. The smallest absolute Gasteiger partial charge is 0.348 e. The van der Waals surface area contributed by atoms with Gasteiger partial charge in [-0.3, -0.25) is 0 Å². The molecule has 0 N–H and O–H groups in total. The van der Waals surface area contributed by atoms with E-state index in [2.05, 4.69) is 10.8 Å². The number of ether oxygens (including phenoxy) is 1. The molecule has 0 bridgehead atoms. The lowest BCUT2D eigenvalue weighted by atomic mass is 9.99. The second-order valence-corrected chi connectivity index (χ2v) is 4.27. The van der Waals surface area contributed by atoms with Gasteiger partial charge in [0.15, 0.2) is 0 Å². The standard InChI is InChI=1S/C10H9NO2S/c1-13-9(12)8-7(2-5-14-8)10(6-11)3-4-10/h2,5H,3-4H2,1H3. The molecule has 1 heterocycles. The Labute approximate surface area is 85.9 Å².